The summed E-state index contributed by atoms with van der Waals surface area (Å²) in [5.74, 6) is -0.0437. The number of carbonyl (C=O) groups is 2. The molecule has 2 N–H and O–H groups in total. The number of urea groups is 1. The minimum Gasteiger partial charge on any atom is -0.489 e. The number of anilines is 1. The van der Waals surface area contributed by atoms with Crippen molar-refractivity contribution in [2.24, 2.45) is 0 Å². The smallest absolute Gasteiger partial charge is 0.336 e. The number of aromatic nitrogens is 1. The van der Waals surface area contributed by atoms with Gasteiger partial charge in [-0.05, 0) is 37.1 Å². The van der Waals surface area contributed by atoms with Gasteiger partial charge in [0, 0.05) is 6.20 Å². The third-order valence-electron chi connectivity index (χ3n) is 4.60. The van der Waals surface area contributed by atoms with Crippen LogP contribution in [0.15, 0.2) is 35.4 Å². The Bertz CT molecular complexity index is 1100. The largest absolute Gasteiger partial charge is 0.489 e. The lowest BCUT2D eigenvalue weighted by atomic mass is 10.2. The topological polar surface area (TPSA) is 118 Å². The van der Waals surface area contributed by atoms with Crippen molar-refractivity contribution < 1.29 is 22.7 Å². The highest BCUT2D eigenvalue weighted by Gasteiger charge is 2.39. The van der Waals surface area contributed by atoms with Crippen LogP contribution >= 0.6 is 0 Å². The maximum Gasteiger partial charge on any atom is 0.336 e. The van der Waals surface area contributed by atoms with Crippen LogP contribution in [-0.4, -0.2) is 42.8 Å². The van der Waals surface area contributed by atoms with Gasteiger partial charge in [-0.2, -0.15) is 0 Å². The highest BCUT2D eigenvalue weighted by Crippen LogP contribution is 2.33. The number of nitrogens with zero attached hydrogens (tertiary/aromatic N) is 2. The lowest BCUT2D eigenvalue weighted by Gasteiger charge is -2.29. The first-order valence-corrected chi connectivity index (χ1v) is 10.0. The number of aryl methyl sites for hydroxylation is 2. The Morgan fingerprint density at radius 3 is 2.96 bits per heavy atom. The van der Waals surface area contributed by atoms with Crippen LogP contribution in [0.1, 0.15) is 22.9 Å². The van der Waals surface area contributed by atoms with Gasteiger partial charge in [0.25, 0.3) is 10.0 Å². The summed E-state index contributed by atoms with van der Waals surface area (Å²) < 4.78 is 31.8. The van der Waals surface area contributed by atoms with Gasteiger partial charge in [0.1, 0.15) is 35.5 Å². The molecule has 0 saturated carbocycles. The first kappa shape index (κ1) is 18.2. The summed E-state index contributed by atoms with van der Waals surface area (Å²) >= 11 is 0. The quantitative estimate of drug-likeness (QED) is 0.803. The van der Waals surface area contributed by atoms with Gasteiger partial charge in [0.15, 0.2) is 0 Å². The summed E-state index contributed by atoms with van der Waals surface area (Å²) in [6, 6.07) is 5.23. The molecule has 2 aromatic rings. The number of hydrogen-bond donors (Lipinski definition) is 2. The zero-order chi connectivity index (χ0) is 20.1. The number of pyridine rings is 1. The van der Waals surface area contributed by atoms with Crippen LogP contribution < -0.4 is 15.4 Å². The second-order valence-electron chi connectivity index (χ2n) is 6.72. The predicted molar refractivity (Wildman–Crippen MR) is 99.4 cm³/mol. The average molecular weight is 402 g/mol. The summed E-state index contributed by atoms with van der Waals surface area (Å²) in [4.78, 5) is 29.1. The second-order valence-corrected chi connectivity index (χ2v) is 8.52. The molecule has 1 aromatic heterocycles. The van der Waals surface area contributed by atoms with E-state index >= 15 is 0 Å². The molecule has 0 radical (unpaired) electrons. The molecule has 0 saturated heterocycles. The van der Waals surface area contributed by atoms with Crippen molar-refractivity contribution in [3.8, 4) is 5.75 Å². The van der Waals surface area contributed by atoms with E-state index in [1.807, 2.05) is 13.0 Å². The minimum absolute atomic E-state index is 0.00547. The van der Waals surface area contributed by atoms with Gasteiger partial charge >= 0.3 is 6.03 Å². The van der Waals surface area contributed by atoms with Crippen molar-refractivity contribution in [2.45, 2.75) is 24.8 Å². The van der Waals surface area contributed by atoms with Crippen molar-refractivity contribution in [3.63, 3.8) is 0 Å². The van der Waals surface area contributed by atoms with E-state index in [0.717, 1.165) is 5.56 Å². The Hall–Kier alpha value is -3.14. The van der Waals surface area contributed by atoms with Crippen molar-refractivity contribution in [2.75, 3.05) is 18.5 Å². The highest BCUT2D eigenvalue weighted by atomic mass is 32.2. The molecule has 146 valence electrons. The molecule has 0 unspecified atom stereocenters. The Kier molecular flexibility index (Phi) is 4.22. The lowest BCUT2D eigenvalue weighted by molar-refractivity contribution is -0.121. The molecule has 0 spiro atoms. The molecule has 3 heterocycles. The van der Waals surface area contributed by atoms with E-state index < -0.39 is 34.5 Å². The molecule has 0 bridgehead atoms. The van der Waals surface area contributed by atoms with Crippen LogP contribution in [0.5, 0.6) is 5.75 Å². The molecule has 0 fully saturated rings. The van der Waals surface area contributed by atoms with Crippen molar-refractivity contribution in [1.29, 1.82) is 0 Å². The van der Waals surface area contributed by atoms with Crippen LogP contribution in [0.3, 0.4) is 0 Å². The van der Waals surface area contributed by atoms with E-state index in [4.69, 9.17) is 4.74 Å². The number of carbonyl (C=O) groups excluding carboxylic acids is 2. The molecule has 28 heavy (non-hydrogen) atoms. The monoisotopic (exact) mass is 402 g/mol. The van der Waals surface area contributed by atoms with E-state index in [-0.39, 0.29) is 17.2 Å². The number of fused-ring (bicyclic) bond motifs is 2. The SMILES string of the molecule is Cc1cnc2c(c1)OC[C@H]2NC(=O)CN1C(=O)Nc2cccc(C)c2S1(=O)=O. The third kappa shape index (κ3) is 2.95. The fraction of sp³-hybridized carbons (Fsp3) is 0.278. The summed E-state index contributed by atoms with van der Waals surface area (Å²) in [5, 5.41) is 5.20. The fourth-order valence-electron chi connectivity index (χ4n) is 3.31. The number of ether oxygens (including phenoxy) is 1. The Labute approximate surface area is 161 Å². The first-order chi connectivity index (χ1) is 13.3. The van der Waals surface area contributed by atoms with Crippen molar-refractivity contribution in [1.82, 2.24) is 14.6 Å². The van der Waals surface area contributed by atoms with E-state index in [1.54, 1.807) is 25.3 Å². The van der Waals surface area contributed by atoms with Crippen molar-refractivity contribution in [3.05, 3.63) is 47.3 Å². The van der Waals surface area contributed by atoms with Gasteiger partial charge in [0.2, 0.25) is 5.91 Å². The molecule has 4 rings (SSSR count). The number of rotatable bonds is 3. The van der Waals surface area contributed by atoms with Gasteiger partial charge in [-0.15, -0.1) is 0 Å². The van der Waals surface area contributed by atoms with Crippen LogP contribution in [0.25, 0.3) is 0 Å². The Morgan fingerprint density at radius 1 is 1.39 bits per heavy atom. The van der Waals surface area contributed by atoms with Crippen LogP contribution in [0.2, 0.25) is 0 Å². The third-order valence-corrected chi connectivity index (χ3v) is 6.54. The molecular weight excluding hydrogens is 384 g/mol. The van der Waals surface area contributed by atoms with Gasteiger partial charge < -0.3 is 15.4 Å². The molecule has 0 aliphatic carbocycles. The predicted octanol–water partition coefficient (Wildman–Crippen LogP) is 1.48. The maximum atomic E-state index is 12.9. The number of nitrogens with one attached hydrogen (secondary N) is 2. The van der Waals surface area contributed by atoms with Gasteiger partial charge in [-0.3, -0.25) is 9.78 Å². The van der Waals surface area contributed by atoms with Gasteiger partial charge in [0.05, 0.1) is 5.69 Å². The summed E-state index contributed by atoms with van der Waals surface area (Å²) in [6.07, 6.45) is 1.66. The number of amides is 3. The summed E-state index contributed by atoms with van der Waals surface area (Å²) in [7, 11) is -4.14. The average Bonchev–Trinajstić information content (AvgIpc) is 3.00. The fourth-order valence-corrected chi connectivity index (χ4v) is 4.95. The molecule has 1 atom stereocenters. The zero-order valence-electron chi connectivity index (χ0n) is 15.2. The number of benzene rings is 1. The van der Waals surface area contributed by atoms with Crippen LogP contribution in [0, 0.1) is 13.8 Å². The number of sulfonamides is 1. The van der Waals surface area contributed by atoms with E-state index in [2.05, 4.69) is 15.6 Å². The van der Waals surface area contributed by atoms with Crippen LogP contribution in [0.4, 0.5) is 10.5 Å². The summed E-state index contributed by atoms with van der Waals surface area (Å²) in [5.41, 5.74) is 2.20. The molecule has 9 nitrogen and oxygen atoms in total. The molecular formula is C18H18N4O5S. The van der Waals surface area contributed by atoms with E-state index in [1.165, 1.54) is 6.07 Å². The minimum atomic E-state index is -4.14. The number of hydrogen-bond acceptors (Lipinski definition) is 6. The molecule has 1 aromatic carbocycles. The molecule has 2 aliphatic rings. The zero-order valence-corrected chi connectivity index (χ0v) is 16.0. The molecule has 10 heteroatoms. The lowest BCUT2D eigenvalue weighted by Crippen LogP contribution is -2.49. The first-order valence-electron chi connectivity index (χ1n) is 8.59. The molecule has 2 aliphatic heterocycles. The van der Waals surface area contributed by atoms with Gasteiger partial charge in [-0.25, -0.2) is 17.5 Å². The highest BCUT2D eigenvalue weighted by molar-refractivity contribution is 7.90. The van der Waals surface area contributed by atoms with Crippen LogP contribution in [-0.2, 0) is 14.8 Å². The Balaban J connectivity index is 1.54. The van der Waals surface area contributed by atoms with Gasteiger partial charge in [-0.1, -0.05) is 12.1 Å². The normalized spacial score (nSPS) is 19.3. The standard InChI is InChI=1S/C18H18N4O5S/c1-10-6-14-16(19-7-10)13(9-27-14)20-15(23)8-22-18(24)21-12-5-3-4-11(2)17(12)28(22,25)26/h3-7,13H,8-9H2,1-2H3,(H,20,23)(H,21,24)/t13-/m1/s1. The van der Waals surface area contributed by atoms with E-state index in [9.17, 15) is 18.0 Å². The second kappa shape index (κ2) is 6.48. The summed E-state index contributed by atoms with van der Waals surface area (Å²) in [6.45, 7) is 3.06. The van der Waals surface area contributed by atoms with E-state index in [0.29, 0.717) is 21.3 Å². The Morgan fingerprint density at radius 2 is 2.18 bits per heavy atom. The van der Waals surface area contributed by atoms with Crippen molar-refractivity contribution >= 4 is 27.6 Å². The molecule has 3 amide bonds. The maximum absolute atomic E-state index is 12.9.